The smallest absolute Gasteiger partial charge is 0.480 e. The molecule has 0 amide bonds. The summed E-state index contributed by atoms with van der Waals surface area (Å²) in [5, 5.41) is 9.58. The molecule has 0 aromatic heterocycles. The molecular weight excluding hydrogens is 486 g/mol. The SMILES string of the molecule is CC(=O)OCC(C)C(c1ccc(OC(=O)OC(C)C(C)C)c(OC(=O)OC(C)C(C)C)c1)[C@H](N)C(=O)O. The molecule has 0 saturated heterocycles. The zero-order valence-electron chi connectivity index (χ0n) is 22.7. The van der Waals surface area contributed by atoms with E-state index in [1.165, 1.54) is 25.1 Å². The molecule has 0 fully saturated rings. The Morgan fingerprint density at radius 1 is 0.838 bits per heavy atom. The molecule has 11 heteroatoms. The van der Waals surface area contributed by atoms with Gasteiger partial charge in [0.1, 0.15) is 18.2 Å². The Kier molecular flexibility index (Phi) is 12.3. The molecule has 1 aromatic rings. The van der Waals surface area contributed by atoms with Crippen LogP contribution in [0.4, 0.5) is 9.59 Å². The van der Waals surface area contributed by atoms with Crippen molar-refractivity contribution < 1.29 is 48.0 Å². The van der Waals surface area contributed by atoms with E-state index >= 15 is 0 Å². The van der Waals surface area contributed by atoms with Crippen molar-refractivity contribution in [3.63, 3.8) is 0 Å². The molecule has 208 valence electrons. The highest BCUT2D eigenvalue weighted by Crippen LogP contribution is 2.36. The molecule has 3 N–H and O–H groups in total. The maximum atomic E-state index is 12.5. The lowest BCUT2D eigenvalue weighted by Gasteiger charge is -2.28. The van der Waals surface area contributed by atoms with Crippen molar-refractivity contribution in [2.75, 3.05) is 6.61 Å². The summed E-state index contributed by atoms with van der Waals surface area (Å²) in [6.07, 6.45) is -2.95. The zero-order valence-corrected chi connectivity index (χ0v) is 22.7. The van der Waals surface area contributed by atoms with Crippen LogP contribution < -0.4 is 15.2 Å². The van der Waals surface area contributed by atoms with Crippen LogP contribution in [0.3, 0.4) is 0 Å². The Morgan fingerprint density at radius 3 is 1.76 bits per heavy atom. The highest BCUT2D eigenvalue weighted by molar-refractivity contribution is 5.75. The van der Waals surface area contributed by atoms with Crippen molar-refractivity contribution in [2.24, 2.45) is 23.5 Å². The van der Waals surface area contributed by atoms with Gasteiger partial charge in [0, 0.05) is 12.8 Å². The number of aliphatic carboxylic acids is 1. The number of nitrogens with two attached hydrogens (primary N) is 1. The van der Waals surface area contributed by atoms with Crippen LogP contribution in [-0.2, 0) is 23.8 Å². The molecule has 5 atom stereocenters. The lowest BCUT2D eigenvalue weighted by Crippen LogP contribution is -2.40. The molecule has 1 rings (SSSR count). The average molecular weight is 526 g/mol. The molecule has 11 nitrogen and oxygen atoms in total. The van der Waals surface area contributed by atoms with Gasteiger partial charge in [-0.2, -0.15) is 0 Å². The maximum Gasteiger partial charge on any atom is 0.514 e. The van der Waals surface area contributed by atoms with Crippen LogP contribution in [0.25, 0.3) is 0 Å². The second-order valence-corrected chi connectivity index (χ2v) is 9.71. The molecule has 4 unspecified atom stereocenters. The quantitative estimate of drug-likeness (QED) is 0.224. The Morgan fingerprint density at radius 2 is 1.32 bits per heavy atom. The van der Waals surface area contributed by atoms with Crippen LogP contribution >= 0.6 is 0 Å². The Labute approximate surface area is 217 Å². The molecule has 0 saturated carbocycles. The van der Waals surface area contributed by atoms with Gasteiger partial charge in [0.05, 0.1) is 6.61 Å². The van der Waals surface area contributed by atoms with E-state index in [1.807, 2.05) is 27.7 Å². The van der Waals surface area contributed by atoms with E-state index < -0.39 is 54.3 Å². The number of ether oxygens (including phenoxy) is 5. The Hall–Kier alpha value is -3.34. The summed E-state index contributed by atoms with van der Waals surface area (Å²) in [5.41, 5.74) is 6.33. The van der Waals surface area contributed by atoms with Gasteiger partial charge in [0.25, 0.3) is 0 Å². The molecule has 0 aliphatic rings. The first-order valence-electron chi connectivity index (χ1n) is 12.2. The third-order valence-corrected chi connectivity index (χ3v) is 6.02. The number of rotatable bonds is 12. The summed E-state index contributed by atoms with van der Waals surface area (Å²) >= 11 is 0. The third-order valence-electron chi connectivity index (χ3n) is 6.02. The van der Waals surface area contributed by atoms with Crippen molar-refractivity contribution >= 4 is 24.2 Å². The van der Waals surface area contributed by atoms with E-state index in [1.54, 1.807) is 20.8 Å². The van der Waals surface area contributed by atoms with E-state index in [-0.39, 0.29) is 29.9 Å². The van der Waals surface area contributed by atoms with Crippen LogP contribution in [0, 0.1) is 17.8 Å². The van der Waals surface area contributed by atoms with Gasteiger partial charge in [-0.3, -0.25) is 9.59 Å². The number of hydrogen-bond donors (Lipinski definition) is 2. The second-order valence-electron chi connectivity index (χ2n) is 9.71. The number of benzene rings is 1. The predicted octanol–water partition coefficient (Wildman–Crippen LogP) is 4.50. The van der Waals surface area contributed by atoms with Crippen LogP contribution in [-0.4, -0.2) is 54.2 Å². The fourth-order valence-corrected chi connectivity index (χ4v) is 3.10. The highest BCUT2D eigenvalue weighted by Gasteiger charge is 2.33. The van der Waals surface area contributed by atoms with Gasteiger partial charge < -0.3 is 34.5 Å². The summed E-state index contributed by atoms with van der Waals surface area (Å²) < 4.78 is 26.2. The molecule has 0 bridgehead atoms. The Bertz CT molecular complexity index is 945. The van der Waals surface area contributed by atoms with Gasteiger partial charge in [-0.15, -0.1) is 0 Å². The fourth-order valence-electron chi connectivity index (χ4n) is 3.10. The van der Waals surface area contributed by atoms with Crippen LogP contribution in [0.15, 0.2) is 18.2 Å². The number of carbonyl (C=O) groups is 4. The standard InChI is InChI=1S/C26H39NO10/c1-13(2)16(6)34-25(31)36-20-10-9-19(11-21(20)37-26(32)35-17(7)14(3)4)22(23(27)24(29)30)15(5)12-33-18(8)28/h9-11,13-17,22-23H,12,27H2,1-8H3,(H,29,30)/t15?,16?,17?,22?,23-/m0/s1. The van der Waals surface area contributed by atoms with Gasteiger partial charge >= 0.3 is 24.2 Å². The van der Waals surface area contributed by atoms with Crippen molar-refractivity contribution in [2.45, 2.75) is 79.6 Å². The van der Waals surface area contributed by atoms with Crippen LogP contribution in [0.5, 0.6) is 11.5 Å². The lowest BCUT2D eigenvalue weighted by molar-refractivity contribution is -0.142. The largest absolute Gasteiger partial charge is 0.514 e. The molecule has 0 radical (unpaired) electrons. The van der Waals surface area contributed by atoms with Gasteiger partial charge in [-0.1, -0.05) is 40.7 Å². The van der Waals surface area contributed by atoms with Gasteiger partial charge in [0.15, 0.2) is 11.5 Å². The molecular formula is C26H39NO10. The highest BCUT2D eigenvalue weighted by atomic mass is 16.7. The summed E-state index contributed by atoms with van der Waals surface area (Å²) in [5.74, 6) is -3.48. The van der Waals surface area contributed by atoms with Crippen molar-refractivity contribution in [1.82, 2.24) is 0 Å². The van der Waals surface area contributed by atoms with Gasteiger partial charge in [-0.05, 0) is 49.3 Å². The zero-order chi connectivity index (χ0) is 28.4. The number of esters is 1. The van der Waals surface area contributed by atoms with E-state index in [0.29, 0.717) is 5.56 Å². The molecule has 37 heavy (non-hydrogen) atoms. The van der Waals surface area contributed by atoms with E-state index in [2.05, 4.69) is 0 Å². The fraction of sp³-hybridized carbons (Fsp3) is 0.615. The number of hydrogen-bond acceptors (Lipinski definition) is 10. The molecule has 0 heterocycles. The summed E-state index contributed by atoms with van der Waals surface area (Å²) in [7, 11) is 0. The van der Waals surface area contributed by atoms with E-state index in [0.717, 1.165) is 0 Å². The minimum atomic E-state index is -1.38. The molecule has 0 aliphatic carbocycles. The first kappa shape index (κ1) is 31.7. The predicted molar refractivity (Wildman–Crippen MR) is 133 cm³/mol. The van der Waals surface area contributed by atoms with Crippen LogP contribution in [0.2, 0.25) is 0 Å². The summed E-state index contributed by atoms with van der Waals surface area (Å²) in [4.78, 5) is 47.9. The number of carbonyl (C=O) groups excluding carboxylic acids is 3. The van der Waals surface area contributed by atoms with E-state index in [9.17, 15) is 24.3 Å². The maximum absolute atomic E-state index is 12.5. The molecule has 0 aliphatic heterocycles. The van der Waals surface area contributed by atoms with Crippen molar-refractivity contribution in [3.05, 3.63) is 23.8 Å². The first-order valence-corrected chi connectivity index (χ1v) is 12.2. The van der Waals surface area contributed by atoms with Crippen molar-refractivity contribution in [1.29, 1.82) is 0 Å². The van der Waals surface area contributed by atoms with Gasteiger partial charge in [0.2, 0.25) is 0 Å². The first-order chi connectivity index (χ1) is 17.1. The normalized spacial score (nSPS) is 15.2. The van der Waals surface area contributed by atoms with Gasteiger partial charge in [-0.25, -0.2) is 9.59 Å². The molecule has 1 aromatic carbocycles. The average Bonchev–Trinajstić information content (AvgIpc) is 2.78. The minimum absolute atomic E-state index is 0.0159. The third kappa shape index (κ3) is 10.3. The monoisotopic (exact) mass is 525 g/mol. The summed E-state index contributed by atoms with van der Waals surface area (Å²) in [6, 6.07) is 2.79. The van der Waals surface area contributed by atoms with E-state index in [4.69, 9.17) is 29.4 Å². The topological polar surface area (TPSA) is 161 Å². The second kappa shape index (κ2) is 14.4. The summed E-state index contributed by atoms with van der Waals surface area (Å²) in [6.45, 7) is 13.7. The lowest BCUT2D eigenvalue weighted by atomic mass is 9.82. The van der Waals surface area contributed by atoms with Crippen LogP contribution in [0.1, 0.15) is 66.9 Å². The minimum Gasteiger partial charge on any atom is -0.480 e. The number of carboxylic acids is 1. The van der Waals surface area contributed by atoms with Crippen molar-refractivity contribution in [3.8, 4) is 11.5 Å². The molecule has 0 spiro atoms. The number of carboxylic acid groups (broad SMARTS) is 1. The Balaban J connectivity index is 3.41.